The molecule has 0 heterocycles. The summed E-state index contributed by atoms with van der Waals surface area (Å²) in [6.45, 7) is 11.1. The van der Waals surface area contributed by atoms with Crippen LogP contribution in [0.2, 0.25) is 4.01 Å². The molecule has 0 fully saturated rings. The normalized spacial score (nSPS) is 22.8. The molecule has 0 aliphatic heterocycles. The van der Waals surface area contributed by atoms with Gasteiger partial charge < -0.3 is 0 Å². The molecule has 2 heteroatoms. The van der Waals surface area contributed by atoms with Crippen LogP contribution in [0.15, 0.2) is 22.3 Å². The summed E-state index contributed by atoms with van der Waals surface area (Å²) in [6, 6.07) is 0. The predicted molar refractivity (Wildman–Crippen MR) is 51.0 cm³/mol. The van der Waals surface area contributed by atoms with Crippen molar-refractivity contribution < 1.29 is 16.1 Å². The Morgan fingerprint density at radius 2 is 1.33 bits per heavy atom. The summed E-state index contributed by atoms with van der Waals surface area (Å²) in [7, 11) is 6.09. The van der Waals surface area contributed by atoms with Crippen molar-refractivity contribution in [2.24, 2.45) is 0 Å². The average Bonchev–Trinajstić information content (AvgIpc) is 2.22. The van der Waals surface area contributed by atoms with Gasteiger partial charge in [0, 0.05) is 0 Å². The van der Waals surface area contributed by atoms with Crippen LogP contribution in [0.25, 0.3) is 0 Å². The average molecular weight is 272 g/mol. The van der Waals surface area contributed by atoms with Crippen LogP contribution in [0.4, 0.5) is 0 Å². The monoisotopic (exact) mass is 272 g/mol. The van der Waals surface area contributed by atoms with Crippen molar-refractivity contribution in [3.63, 3.8) is 0 Å². The number of allylic oxidation sites excluding steroid dienone is 4. The molecule has 0 nitrogen and oxygen atoms in total. The molecule has 0 atom stereocenters. The topological polar surface area (TPSA) is 0 Å². The van der Waals surface area contributed by atoms with Gasteiger partial charge in [-0.25, -0.2) is 0 Å². The van der Waals surface area contributed by atoms with Crippen molar-refractivity contribution in [2.75, 3.05) is 0 Å². The van der Waals surface area contributed by atoms with Gasteiger partial charge >= 0.3 is 86.7 Å². The molecule has 0 saturated heterocycles. The Morgan fingerprint density at radius 3 is 1.50 bits per heavy atom. The van der Waals surface area contributed by atoms with Crippen LogP contribution in [-0.4, -0.2) is 0 Å². The van der Waals surface area contributed by atoms with E-state index in [4.69, 9.17) is 9.69 Å². The third-order valence-electron chi connectivity index (χ3n) is 3.21. The van der Waals surface area contributed by atoms with Gasteiger partial charge in [-0.1, -0.05) is 0 Å². The molecule has 0 spiro atoms. The summed E-state index contributed by atoms with van der Waals surface area (Å²) in [5, 5.41) is 0. The van der Waals surface area contributed by atoms with E-state index in [1.807, 2.05) is 0 Å². The van der Waals surface area contributed by atoms with E-state index in [2.05, 4.69) is 34.6 Å². The first-order chi connectivity index (χ1) is 5.45. The van der Waals surface area contributed by atoms with Crippen molar-refractivity contribution >= 4 is 9.69 Å². The Balaban J connectivity index is 3.25. The van der Waals surface area contributed by atoms with Crippen LogP contribution in [0.5, 0.6) is 0 Å². The van der Waals surface area contributed by atoms with Gasteiger partial charge in [0.15, 0.2) is 0 Å². The van der Waals surface area contributed by atoms with Crippen LogP contribution in [0.3, 0.4) is 0 Å². The number of rotatable bonds is 1. The van der Waals surface area contributed by atoms with Crippen LogP contribution >= 0.6 is 9.69 Å². The van der Waals surface area contributed by atoms with Crippen molar-refractivity contribution in [3.05, 3.63) is 22.3 Å². The zero-order valence-corrected chi connectivity index (χ0v) is 10.7. The molecule has 0 saturated carbocycles. The van der Waals surface area contributed by atoms with Crippen LogP contribution in [-0.2, 0) is 16.1 Å². The molecule has 0 aromatic rings. The molecule has 0 amide bonds. The molecule has 1 aliphatic rings. The summed E-state index contributed by atoms with van der Waals surface area (Å²) in [5.41, 5.74) is 5.85. The van der Waals surface area contributed by atoms with Gasteiger partial charge in [-0.3, -0.25) is 0 Å². The summed E-state index contributed by atoms with van der Waals surface area (Å²) in [6.07, 6.45) is 0. The van der Waals surface area contributed by atoms with E-state index in [1.54, 1.807) is 0 Å². The van der Waals surface area contributed by atoms with Crippen LogP contribution in [0.1, 0.15) is 34.6 Å². The van der Waals surface area contributed by atoms with E-state index in [-0.39, 0.29) is 20.1 Å². The third-order valence-corrected chi connectivity index (χ3v) is 6.75. The first-order valence-corrected chi connectivity index (χ1v) is 7.17. The van der Waals surface area contributed by atoms with E-state index in [0.29, 0.717) is 0 Å². The van der Waals surface area contributed by atoms with E-state index in [1.165, 1.54) is 22.3 Å². The number of hydrogen-bond acceptors (Lipinski definition) is 0. The van der Waals surface area contributed by atoms with Gasteiger partial charge in [-0.05, 0) is 0 Å². The zero-order valence-electron chi connectivity index (χ0n) is 8.23. The third kappa shape index (κ3) is 1.22. The van der Waals surface area contributed by atoms with Crippen molar-refractivity contribution in [2.45, 2.75) is 38.6 Å². The molecular weight excluding hydrogens is 257 g/mol. The van der Waals surface area contributed by atoms with Gasteiger partial charge in [0.25, 0.3) is 0 Å². The minimum absolute atomic E-state index is 0.0850. The molecule has 70 valence electrons. The Kier molecular flexibility index (Phi) is 2.86. The fourth-order valence-electron chi connectivity index (χ4n) is 1.64. The molecule has 0 N–H and O–H groups in total. The van der Waals surface area contributed by atoms with Gasteiger partial charge in [0.1, 0.15) is 0 Å². The molecule has 1 aliphatic carbocycles. The second kappa shape index (κ2) is 3.27. The number of halogens is 1. The SMILES string of the molecule is CC1=C(C)[C](C)([Ru][Cl])C(C)=C1C. The summed E-state index contributed by atoms with van der Waals surface area (Å²) in [5.74, 6) is 0. The molecule has 0 bridgehead atoms. The molecule has 0 unspecified atom stereocenters. The maximum absolute atomic E-state index is 6.09. The molecule has 12 heavy (non-hydrogen) atoms. The first-order valence-electron chi connectivity index (χ1n) is 4.06. The molecule has 0 aromatic carbocycles. The quantitative estimate of drug-likeness (QED) is 0.630. The Morgan fingerprint density at radius 1 is 1.00 bits per heavy atom. The summed E-state index contributed by atoms with van der Waals surface area (Å²) < 4.78 is 0.211. The van der Waals surface area contributed by atoms with E-state index in [0.717, 1.165) is 0 Å². The Labute approximate surface area is 86.7 Å². The van der Waals surface area contributed by atoms with Crippen LogP contribution < -0.4 is 0 Å². The van der Waals surface area contributed by atoms with E-state index < -0.39 is 0 Å². The fraction of sp³-hybridized carbons (Fsp3) is 0.600. The standard InChI is InChI=1S/C10H15.ClH.Ru/c1-6-7(2)9(4)10(5)8(6)3;;/h1-5H3;1H;/q;;+1/p-1. The number of hydrogen-bond donors (Lipinski definition) is 0. The van der Waals surface area contributed by atoms with E-state index >= 15 is 0 Å². The van der Waals surface area contributed by atoms with Crippen LogP contribution in [0, 0.1) is 0 Å². The Hall–Kier alpha value is 0.393. The van der Waals surface area contributed by atoms with Gasteiger partial charge in [0.05, 0.1) is 0 Å². The first kappa shape index (κ1) is 10.5. The molecule has 1 rings (SSSR count). The van der Waals surface area contributed by atoms with Gasteiger partial charge in [-0.2, -0.15) is 0 Å². The van der Waals surface area contributed by atoms with Crippen molar-refractivity contribution in [1.82, 2.24) is 0 Å². The molecular formula is C10H15ClRu. The Bertz CT molecular complexity index is 250. The van der Waals surface area contributed by atoms with Gasteiger partial charge in [-0.15, -0.1) is 0 Å². The fourth-order valence-corrected chi connectivity index (χ4v) is 3.97. The minimum atomic E-state index is -0.0850. The second-order valence-electron chi connectivity index (χ2n) is 3.55. The van der Waals surface area contributed by atoms with Gasteiger partial charge in [0.2, 0.25) is 0 Å². The van der Waals surface area contributed by atoms with Crippen molar-refractivity contribution in [1.29, 1.82) is 0 Å². The zero-order chi connectivity index (χ0) is 9.52. The maximum atomic E-state index is 6.09. The predicted octanol–water partition coefficient (Wildman–Crippen LogP) is 4.09. The summed E-state index contributed by atoms with van der Waals surface area (Å²) >= 11 is -0.0850. The second-order valence-corrected chi connectivity index (χ2v) is 6.40. The van der Waals surface area contributed by atoms with E-state index in [9.17, 15) is 0 Å². The molecule has 0 aromatic heterocycles. The molecule has 0 radical (unpaired) electrons. The van der Waals surface area contributed by atoms with Crippen molar-refractivity contribution in [3.8, 4) is 0 Å². The summed E-state index contributed by atoms with van der Waals surface area (Å²) in [4.78, 5) is 0.